The summed E-state index contributed by atoms with van der Waals surface area (Å²) in [5.41, 5.74) is 7.50. The Bertz CT molecular complexity index is 544. The maximum absolute atomic E-state index is 12.5. The van der Waals surface area contributed by atoms with Gasteiger partial charge in [-0.05, 0) is 31.2 Å². The van der Waals surface area contributed by atoms with E-state index in [2.05, 4.69) is 16.2 Å². The number of fused-ring (bicyclic) bond motifs is 1. The van der Waals surface area contributed by atoms with Gasteiger partial charge >= 0.3 is 0 Å². The largest absolute Gasteiger partial charge is 0.493 e. The van der Waals surface area contributed by atoms with E-state index >= 15 is 0 Å². The molecule has 1 amide bonds. The van der Waals surface area contributed by atoms with Crippen LogP contribution in [0.5, 0.6) is 5.75 Å². The molecule has 4 rings (SSSR count). The lowest BCUT2D eigenvalue weighted by Gasteiger charge is -2.27. The summed E-state index contributed by atoms with van der Waals surface area (Å²) in [5.74, 6) is 1.74. The number of hydrogen-bond acceptors (Lipinski definition) is 4. The Morgan fingerprint density at radius 1 is 1.19 bits per heavy atom. The van der Waals surface area contributed by atoms with Crippen LogP contribution in [0.25, 0.3) is 0 Å². The number of benzene rings is 1. The fourth-order valence-corrected chi connectivity index (χ4v) is 3.33. The summed E-state index contributed by atoms with van der Waals surface area (Å²) in [4.78, 5) is 12.5. The predicted octanol–water partition coefficient (Wildman–Crippen LogP) is 1.27. The lowest BCUT2D eigenvalue weighted by Crippen LogP contribution is -2.45. The van der Waals surface area contributed by atoms with Gasteiger partial charge in [0.25, 0.3) is 0 Å². The Labute approximate surface area is 124 Å². The standard InChI is InChI=1S/C16H21N3O2/c20-16(14-9-13(18-19-14)10-5-6-10)17-12-7-8-21-15-4-2-1-3-11(12)15/h1-4,10,12-14,18-19H,5-9H2,(H,17,20). The molecule has 0 spiro atoms. The van der Waals surface area contributed by atoms with E-state index in [4.69, 9.17) is 4.74 Å². The van der Waals surface area contributed by atoms with Crippen LogP contribution in [0, 0.1) is 5.92 Å². The number of hydrogen-bond donors (Lipinski definition) is 3. The Hall–Kier alpha value is -1.59. The van der Waals surface area contributed by atoms with Crippen molar-refractivity contribution in [3.8, 4) is 5.75 Å². The van der Waals surface area contributed by atoms with Crippen molar-refractivity contribution in [3.63, 3.8) is 0 Å². The molecule has 21 heavy (non-hydrogen) atoms. The molecule has 3 N–H and O–H groups in total. The normalized spacial score (nSPS) is 31.3. The minimum Gasteiger partial charge on any atom is -0.493 e. The van der Waals surface area contributed by atoms with E-state index in [-0.39, 0.29) is 18.0 Å². The maximum Gasteiger partial charge on any atom is 0.239 e. The van der Waals surface area contributed by atoms with E-state index in [1.54, 1.807) is 0 Å². The van der Waals surface area contributed by atoms with Gasteiger partial charge < -0.3 is 10.1 Å². The molecule has 3 unspecified atom stereocenters. The lowest BCUT2D eigenvalue weighted by molar-refractivity contribution is -0.123. The fraction of sp³-hybridized carbons (Fsp3) is 0.562. The zero-order valence-corrected chi connectivity index (χ0v) is 12.0. The van der Waals surface area contributed by atoms with Gasteiger partial charge in [0, 0.05) is 18.0 Å². The summed E-state index contributed by atoms with van der Waals surface area (Å²) >= 11 is 0. The third-order valence-corrected chi connectivity index (χ3v) is 4.72. The highest BCUT2D eigenvalue weighted by atomic mass is 16.5. The van der Waals surface area contributed by atoms with Crippen LogP contribution in [0.4, 0.5) is 0 Å². The van der Waals surface area contributed by atoms with Crippen molar-refractivity contribution < 1.29 is 9.53 Å². The smallest absolute Gasteiger partial charge is 0.239 e. The first-order valence-corrected chi connectivity index (χ1v) is 7.84. The van der Waals surface area contributed by atoms with Crippen LogP contribution >= 0.6 is 0 Å². The molecule has 1 aromatic carbocycles. The molecule has 2 aliphatic heterocycles. The Morgan fingerprint density at radius 3 is 2.90 bits per heavy atom. The van der Waals surface area contributed by atoms with Crippen molar-refractivity contribution in [3.05, 3.63) is 29.8 Å². The van der Waals surface area contributed by atoms with Crippen LogP contribution in [0.15, 0.2) is 24.3 Å². The lowest BCUT2D eigenvalue weighted by atomic mass is 9.99. The number of nitrogens with one attached hydrogen (secondary N) is 3. The minimum absolute atomic E-state index is 0.0595. The topological polar surface area (TPSA) is 62.4 Å². The van der Waals surface area contributed by atoms with Gasteiger partial charge in [-0.2, -0.15) is 0 Å². The number of carbonyl (C=O) groups is 1. The highest BCUT2D eigenvalue weighted by Crippen LogP contribution is 2.36. The Morgan fingerprint density at radius 2 is 2.05 bits per heavy atom. The number of ether oxygens (including phenoxy) is 1. The molecule has 0 aromatic heterocycles. The highest BCUT2D eigenvalue weighted by Gasteiger charge is 2.39. The van der Waals surface area contributed by atoms with E-state index in [1.165, 1.54) is 12.8 Å². The van der Waals surface area contributed by atoms with Gasteiger partial charge in [0.1, 0.15) is 11.8 Å². The molecule has 0 radical (unpaired) electrons. The SMILES string of the molecule is O=C(NC1CCOc2ccccc21)C1CC(C2CC2)NN1. The van der Waals surface area contributed by atoms with Gasteiger partial charge in [-0.25, -0.2) is 5.43 Å². The molecule has 5 nitrogen and oxygen atoms in total. The van der Waals surface area contributed by atoms with Crippen LogP contribution < -0.4 is 20.9 Å². The molecule has 3 aliphatic rings. The summed E-state index contributed by atoms with van der Waals surface area (Å²) in [6.45, 7) is 0.656. The maximum atomic E-state index is 12.5. The van der Waals surface area contributed by atoms with E-state index in [9.17, 15) is 4.79 Å². The fourth-order valence-electron chi connectivity index (χ4n) is 3.33. The number of carbonyl (C=O) groups excluding carboxylic acids is 1. The van der Waals surface area contributed by atoms with Gasteiger partial charge in [0.2, 0.25) is 5.91 Å². The molecule has 112 valence electrons. The van der Waals surface area contributed by atoms with Crippen molar-refractivity contribution in [1.29, 1.82) is 0 Å². The third kappa shape index (κ3) is 2.63. The monoisotopic (exact) mass is 287 g/mol. The Kier molecular flexibility index (Phi) is 3.31. The average Bonchev–Trinajstić information content (AvgIpc) is 3.25. The zero-order valence-electron chi connectivity index (χ0n) is 12.0. The van der Waals surface area contributed by atoms with E-state index in [1.807, 2.05) is 24.3 Å². The van der Waals surface area contributed by atoms with Gasteiger partial charge in [0.05, 0.1) is 12.6 Å². The van der Waals surface area contributed by atoms with Gasteiger partial charge in [-0.15, -0.1) is 0 Å². The summed E-state index contributed by atoms with van der Waals surface area (Å²) in [6.07, 6.45) is 4.30. The van der Waals surface area contributed by atoms with Crippen molar-refractivity contribution in [2.45, 2.75) is 43.8 Å². The zero-order chi connectivity index (χ0) is 14.2. The van der Waals surface area contributed by atoms with Crippen LogP contribution in [-0.4, -0.2) is 24.6 Å². The van der Waals surface area contributed by atoms with Crippen molar-refractivity contribution >= 4 is 5.91 Å². The molecule has 3 atom stereocenters. The first-order valence-electron chi connectivity index (χ1n) is 7.84. The average molecular weight is 287 g/mol. The van der Waals surface area contributed by atoms with E-state index in [0.29, 0.717) is 12.6 Å². The summed E-state index contributed by atoms with van der Waals surface area (Å²) in [5, 5.41) is 3.18. The third-order valence-electron chi connectivity index (χ3n) is 4.72. The molecule has 1 saturated heterocycles. The highest BCUT2D eigenvalue weighted by molar-refractivity contribution is 5.82. The molecule has 0 bridgehead atoms. The molecular weight excluding hydrogens is 266 g/mol. The van der Waals surface area contributed by atoms with Crippen molar-refractivity contribution in [2.24, 2.45) is 5.92 Å². The van der Waals surface area contributed by atoms with E-state index in [0.717, 1.165) is 30.1 Å². The summed E-state index contributed by atoms with van der Waals surface area (Å²) in [7, 11) is 0. The van der Waals surface area contributed by atoms with Crippen LogP contribution in [-0.2, 0) is 4.79 Å². The second-order valence-electron chi connectivity index (χ2n) is 6.26. The molecule has 2 fully saturated rings. The quantitative estimate of drug-likeness (QED) is 0.783. The summed E-state index contributed by atoms with van der Waals surface area (Å²) < 4.78 is 5.64. The first-order chi connectivity index (χ1) is 10.3. The van der Waals surface area contributed by atoms with Crippen molar-refractivity contribution in [2.75, 3.05) is 6.61 Å². The van der Waals surface area contributed by atoms with Crippen LogP contribution in [0.3, 0.4) is 0 Å². The predicted molar refractivity (Wildman–Crippen MR) is 78.6 cm³/mol. The molecular formula is C16H21N3O2. The molecule has 1 aliphatic carbocycles. The number of hydrazine groups is 1. The van der Waals surface area contributed by atoms with Crippen molar-refractivity contribution in [1.82, 2.24) is 16.2 Å². The van der Waals surface area contributed by atoms with Crippen LogP contribution in [0.2, 0.25) is 0 Å². The number of rotatable bonds is 3. The number of para-hydroxylation sites is 1. The summed E-state index contributed by atoms with van der Waals surface area (Å²) in [6, 6.07) is 8.35. The second-order valence-corrected chi connectivity index (χ2v) is 6.26. The second kappa shape index (κ2) is 5.31. The molecule has 2 heterocycles. The van der Waals surface area contributed by atoms with Gasteiger partial charge in [-0.1, -0.05) is 18.2 Å². The Balaban J connectivity index is 1.41. The number of amides is 1. The van der Waals surface area contributed by atoms with E-state index < -0.39 is 0 Å². The minimum atomic E-state index is -0.120. The first kappa shape index (κ1) is 13.1. The van der Waals surface area contributed by atoms with Gasteiger partial charge in [-0.3, -0.25) is 10.2 Å². The van der Waals surface area contributed by atoms with Crippen LogP contribution in [0.1, 0.15) is 37.3 Å². The van der Waals surface area contributed by atoms with Gasteiger partial charge in [0.15, 0.2) is 0 Å². The molecule has 1 saturated carbocycles. The molecule has 5 heteroatoms. The molecule has 1 aromatic rings.